The van der Waals surface area contributed by atoms with Gasteiger partial charge in [0, 0.05) is 25.0 Å². The molecule has 0 fully saturated rings. The monoisotopic (exact) mass is 312 g/mol. The summed E-state index contributed by atoms with van der Waals surface area (Å²) in [4.78, 5) is 4.24. The van der Waals surface area contributed by atoms with Gasteiger partial charge in [-0.15, -0.1) is 0 Å². The zero-order valence-corrected chi connectivity index (χ0v) is 14.3. The van der Waals surface area contributed by atoms with Crippen LogP contribution in [0.15, 0.2) is 54.9 Å². The van der Waals surface area contributed by atoms with Gasteiger partial charge in [-0.2, -0.15) is 0 Å². The van der Waals surface area contributed by atoms with E-state index in [1.807, 2.05) is 25.3 Å². The molecule has 0 aliphatic heterocycles. The molecule has 0 aliphatic carbocycles. The first kappa shape index (κ1) is 17.6. The highest BCUT2D eigenvalue weighted by molar-refractivity contribution is 5.21. The SMILES string of the molecule is CC(O)CC(CNC(c1cccnc1)C(C)C)c1ccccc1. The molecule has 0 bridgehead atoms. The van der Waals surface area contributed by atoms with Gasteiger partial charge in [-0.3, -0.25) is 4.98 Å². The highest BCUT2D eigenvalue weighted by Gasteiger charge is 2.19. The molecule has 0 saturated heterocycles. The molecule has 1 aromatic heterocycles. The van der Waals surface area contributed by atoms with Crippen LogP contribution in [0.5, 0.6) is 0 Å². The summed E-state index contributed by atoms with van der Waals surface area (Å²) in [6, 6.07) is 14.8. The van der Waals surface area contributed by atoms with Crippen LogP contribution < -0.4 is 5.32 Å². The van der Waals surface area contributed by atoms with Crippen LogP contribution in [-0.2, 0) is 0 Å². The maximum atomic E-state index is 9.84. The van der Waals surface area contributed by atoms with E-state index < -0.39 is 0 Å². The maximum Gasteiger partial charge on any atom is 0.0518 e. The Morgan fingerprint density at radius 1 is 1.00 bits per heavy atom. The van der Waals surface area contributed by atoms with Gasteiger partial charge in [0.05, 0.1) is 6.10 Å². The summed E-state index contributed by atoms with van der Waals surface area (Å²) >= 11 is 0. The van der Waals surface area contributed by atoms with E-state index >= 15 is 0 Å². The Bertz CT molecular complexity index is 554. The number of hydrogen-bond donors (Lipinski definition) is 2. The lowest BCUT2D eigenvalue weighted by Crippen LogP contribution is -2.31. The average Bonchev–Trinajstić information content (AvgIpc) is 2.55. The van der Waals surface area contributed by atoms with E-state index in [2.05, 4.69) is 54.5 Å². The largest absolute Gasteiger partial charge is 0.393 e. The van der Waals surface area contributed by atoms with E-state index in [4.69, 9.17) is 0 Å². The van der Waals surface area contributed by atoms with Gasteiger partial charge in [0.25, 0.3) is 0 Å². The standard InChI is InChI=1S/C20H28N2O/c1-15(2)20(18-10-7-11-21-13-18)22-14-19(12-16(3)23)17-8-5-4-6-9-17/h4-11,13,15-16,19-20,22-23H,12,14H2,1-3H3. The summed E-state index contributed by atoms with van der Waals surface area (Å²) in [5.74, 6) is 0.774. The molecule has 0 saturated carbocycles. The minimum Gasteiger partial charge on any atom is -0.393 e. The zero-order chi connectivity index (χ0) is 16.7. The molecule has 3 nitrogen and oxygen atoms in total. The van der Waals surface area contributed by atoms with Crippen molar-refractivity contribution in [2.45, 2.75) is 45.3 Å². The molecule has 0 radical (unpaired) electrons. The third-order valence-corrected chi connectivity index (χ3v) is 4.19. The second-order valence-electron chi connectivity index (χ2n) is 6.61. The Labute approximate surface area is 139 Å². The Morgan fingerprint density at radius 2 is 1.70 bits per heavy atom. The zero-order valence-electron chi connectivity index (χ0n) is 14.3. The fourth-order valence-electron chi connectivity index (χ4n) is 3.04. The molecule has 1 aromatic carbocycles. The number of pyridine rings is 1. The van der Waals surface area contributed by atoms with Crippen LogP contribution in [-0.4, -0.2) is 22.7 Å². The van der Waals surface area contributed by atoms with Crippen molar-refractivity contribution in [2.24, 2.45) is 5.92 Å². The number of aliphatic hydroxyl groups excluding tert-OH is 1. The molecule has 2 aromatic rings. The van der Waals surface area contributed by atoms with Crippen LogP contribution in [0.2, 0.25) is 0 Å². The molecule has 23 heavy (non-hydrogen) atoms. The Balaban J connectivity index is 2.09. The van der Waals surface area contributed by atoms with E-state index in [9.17, 15) is 5.11 Å². The Hall–Kier alpha value is -1.71. The lowest BCUT2D eigenvalue weighted by molar-refractivity contribution is 0.172. The minimum absolute atomic E-state index is 0.268. The van der Waals surface area contributed by atoms with Crippen molar-refractivity contribution in [3.05, 3.63) is 66.0 Å². The number of benzene rings is 1. The van der Waals surface area contributed by atoms with Crippen LogP contribution in [0.1, 0.15) is 50.3 Å². The molecule has 0 aliphatic rings. The van der Waals surface area contributed by atoms with E-state index in [1.165, 1.54) is 11.1 Å². The summed E-state index contributed by atoms with van der Waals surface area (Å²) in [5, 5.41) is 13.5. The smallest absolute Gasteiger partial charge is 0.0518 e. The number of nitrogens with one attached hydrogen (secondary N) is 1. The van der Waals surface area contributed by atoms with E-state index in [0.29, 0.717) is 11.8 Å². The van der Waals surface area contributed by atoms with Gasteiger partial charge < -0.3 is 10.4 Å². The fourth-order valence-corrected chi connectivity index (χ4v) is 3.04. The molecule has 1 heterocycles. The minimum atomic E-state index is -0.308. The highest BCUT2D eigenvalue weighted by atomic mass is 16.3. The number of rotatable bonds is 8. The van der Waals surface area contributed by atoms with Gasteiger partial charge in [0.2, 0.25) is 0 Å². The second kappa shape index (κ2) is 8.80. The summed E-state index contributed by atoms with van der Waals surface area (Å²) in [7, 11) is 0. The summed E-state index contributed by atoms with van der Waals surface area (Å²) in [5.41, 5.74) is 2.49. The van der Waals surface area contributed by atoms with Crippen molar-refractivity contribution in [3.63, 3.8) is 0 Å². The van der Waals surface area contributed by atoms with Crippen LogP contribution >= 0.6 is 0 Å². The fraction of sp³-hybridized carbons (Fsp3) is 0.450. The predicted molar refractivity (Wildman–Crippen MR) is 95.3 cm³/mol. The van der Waals surface area contributed by atoms with E-state index in [-0.39, 0.29) is 12.1 Å². The summed E-state index contributed by atoms with van der Waals surface area (Å²) in [6.07, 6.45) is 4.19. The number of hydrogen-bond acceptors (Lipinski definition) is 3. The van der Waals surface area contributed by atoms with Crippen LogP contribution in [0.4, 0.5) is 0 Å². The van der Waals surface area contributed by atoms with Crippen molar-refractivity contribution in [3.8, 4) is 0 Å². The number of nitrogens with zero attached hydrogens (tertiary/aromatic N) is 1. The van der Waals surface area contributed by atoms with E-state index in [0.717, 1.165) is 13.0 Å². The summed E-state index contributed by atoms with van der Waals surface area (Å²) < 4.78 is 0. The van der Waals surface area contributed by atoms with Crippen LogP contribution in [0.25, 0.3) is 0 Å². The second-order valence-corrected chi connectivity index (χ2v) is 6.61. The molecule has 0 amide bonds. The quantitative estimate of drug-likeness (QED) is 0.776. The van der Waals surface area contributed by atoms with Crippen molar-refractivity contribution < 1.29 is 5.11 Å². The lowest BCUT2D eigenvalue weighted by atomic mass is 9.91. The van der Waals surface area contributed by atoms with Crippen LogP contribution in [0, 0.1) is 5.92 Å². The van der Waals surface area contributed by atoms with Gasteiger partial charge >= 0.3 is 0 Å². The lowest BCUT2D eigenvalue weighted by Gasteiger charge is -2.27. The molecular formula is C20H28N2O. The van der Waals surface area contributed by atoms with Gasteiger partial charge in [-0.1, -0.05) is 50.2 Å². The first-order valence-corrected chi connectivity index (χ1v) is 8.44. The molecule has 3 atom stereocenters. The Kier molecular flexibility index (Phi) is 6.75. The number of aliphatic hydroxyl groups is 1. The van der Waals surface area contributed by atoms with Crippen molar-refractivity contribution >= 4 is 0 Å². The first-order valence-electron chi connectivity index (χ1n) is 8.44. The van der Waals surface area contributed by atoms with Crippen molar-refractivity contribution in [2.75, 3.05) is 6.54 Å². The highest BCUT2D eigenvalue weighted by Crippen LogP contribution is 2.25. The third-order valence-electron chi connectivity index (χ3n) is 4.19. The topological polar surface area (TPSA) is 45.1 Å². The maximum absolute atomic E-state index is 9.84. The van der Waals surface area contributed by atoms with E-state index in [1.54, 1.807) is 6.20 Å². The third kappa shape index (κ3) is 5.45. The van der Waals surface area contributed by atoms with Gasteiger partial charge in [-0.25, -0.2) is 0 Å². The Morgan fingerprint density at radius 3 is 2.26 bits per heavy atom. The molecule has 124 valence electrons. The van der Waals surface area contributed by atoms with Crippen LogP contribution in [0.3, 0.4) is 0 Å². The first-order chi connectivity index (χ1) is 11.1. The molecule has 0 spiro atoms. The van der Waals surface area contributed by atoms with Crippen molar-refractivity contribution in [1.82, 2.24) is 10.3 Å². The molecule has 2 rings (SSSR count). The van der Waals surface area contributed by atoms with Gasteiger partial charge in [0.1, 0.15) is 0 Å². The molecular weight excluding hydrogens is 284 g/mol. The van der Waals surface area contributed by atoms with Gasteiger partial charge in [-0.05, 0) is 42.4 Å². The van der Waals surface area contributed by atoms with Crippen molar-refractivity contribution in [1.29, 1.82) is 0 Å². The predicted octanol–water partition coefficient (Wildman–Crippen LogP) is 3.92. The molecule has 3 heteroatoms. The number of aromatic nitrogens is 1. The normalized spacial score (nSPS) is 15.3. The summed E-state index contributed by atoms with van der Waals surface area (Å²) in [6.45, 7) is 7.14. The molecule has 2 N–H and O–H groups in total. The molecule has 3 unspecified atom stereocenters. The van der Waals surface area contributed by atoms with Gasteiger partial charge in [0.15, 0.2) is 0 Å². The average molecular weight is 312 g/mol.